The average Bonchev–Trinajstić information content (AvgIpc) is 2.47. The van der Waals surface area contributed by atoms with Gasteiger partial charge in [-0.1, -0.05) is 12.8 Å². The molecular weight excluding hydrogens is 224 g/mol. The Bertz CT molecular complexity index is 274. The van der Waals surface area contributed by atoms with Gasteiger partial charge in [0, 0.05) is 31.3 Å². The minimum Gasteiger partial charge on any atom is -0.381 e. The number of piperidine rings is 1. The quantitative estimate of drug-likeness (QED) is 0.818. The third-order valence-electron chi connectivity index (χ3n) is 5.66. The van der Waals surface area contributed by atoms with Gasteiger partial charge < -0.3 is 10.5 Å². The molecule has 104 valence electrons. The van der Waals surface area contributed by atoms with Crippen molar-refractivity contribution in [2.75, 3.05) is 26.3 Å². The van der Waals surface area contributed by atoms with Crippen LogP contribution in [0.5, 0.6) is 0 Å². The first kappa shape index (κ1) is 12.9. The molecule has 3 fully saturated rings. The normalized spacial score (nSPS) is 37.2. The molecule has 0 bridgehead atoms. The van der Waals surface area contributed by atoms with E-state index in [1.54, 1.807) is 0 Å². The third kappa shape index (κ3) is 2.21. The maximum Gasteiger partial charge on any atom is 0.0484 e. The number of likely N-dealkylation sites (tertiary alicyclic amines) is 1. The Morgan fingerprint density at radius 1 is 1.06 bits per heavy atom. The van der Waals surface area contributed by atoms with E-state index in [9.17, 15) is 0 Å². The number of hydrogen-bond donors (Lipinski definition) is 1. The highest BCUT2D eigenvalue weighted by atomic mass is 16.5. The molecule has 0 aromatic rings. The van der Waals surface area contributed by atoms with Crippen LogP contribution in [0.1, 0.15) is 51.4 Å². The van der Waals surface area contributed by atoms with Gasteiger partial charge in [-0.25, -0.2) is 0 Å². The van der Waals surface area contributed by atoms with E-state index < -0.39 is 0 Å². The zero-order chi connectivity index (χ0) is 12.4. The van der Waals surface area contributed by atoms with Crippen molar-refractivity contribution in [3.8, 4) is 0 Å². The molecule has 3 rings (SSSR count). The predicted molar refractivity (Wildman–Crippen MR) is 73.5 cm³/mol. The van der Waals surface area contributed by atoms with Gasteiger partial charge in [-0.3, -0.25) is 4.90 Å². The Balaban J connectivity index is 1.79. The summed E-state index contributed by atoms with van der Waals surface area (Å²) in [6.45, 7) is 3.91. The number of nitrogens with zero attached hydrogens (tertiary/aromatic N) is 1. The van der Waals surface area contributed by atoms with Gasteiger partial charge in [-0.05, 0) is 51.0 Å². The Hall–Kier alpha value is -0.120. The topological polar surface area (TPSA) is 38.5 Å². The highest BCUT2D eigenvalue weighted by molar-refractivity contribution is 5.00. The zero-order valence-electron chi connectivity index (χ0n) is 11.6. The van der Waals surface area contributed by atoms with Crippen LogP contribution in [0.25, 0.3) is 0 Å². The zero-order valence-corrected chi connectivity index (χ0v) is 11.6. The van der Waals surface area contributed by atoms with E-state index in [0.29, 0.717) is 0 Å². The van der Waals surface area contributed by atoms with Crippen LogP contribution in [-0.4, -0.2) is 42.8 Å². The van der Waals surface area contributed by atoms with Crippen LogP contribution in [-0.2, 0) is 4.74 Å². The lowest BCUT2D eigenvalue weighted by Crippen LogP contribution is -2.63. The van der Waals surface area contributed by atoms with E-state index in [0.717, 1.165) is 44.6 Å². The average molecular weight is 252 g/mol. The molecule has 2 saturated heterocycles. The third-order valence-corrected chi connectivity index (χ3v) is 5.66. The molecule has 1 saturated carbocycles. The standard InChI is InChI=1S/C15H28N2O/c16-12-15(7-10-18-11-8-15)17-9-3-5-13-4-1-2-6-14(13)17/h13-14H,1-12,16H2. The van der Waals surface area contributed by atoms with Crippen molar-refractivity contribution in [2.24, 2.45) is 11.7 Å². The first-order valence-electron chi connectivity index (χ1n) is 7.90. The molecule has 18 heavy (non-hydrogen) atoms. The summed E-state index contributed by atoms with van der Waals surface area (Å²) in [5.74, 6) is 0.957. The van der Waals surface area contributed by atoms with E-state index in [1.807, 2.05) is 0 Å². The van der Waals surface area contributed by atoms with Crippen molar-refractivity contribution in [1.82, 2.24) is 4.90 Å². The molecule has 2 unspecified atom stereocenters. The van der Waals surface area contributed by atoms with Crippen molar-refractivity contribution in [3.05, 3.63) is 0 Å². The number of fused-ring (bicyclic) bond motifs is 1. The van der Waals surface area contributed by atoms with Crippen LogP contribution < -0.4 is 5.73 Å². The summed E-state index contributed by atoms with van der Waals surface area (Å²) in [6, 6.07) is 0.828. The predicted octanol–water partition coefficient (Wildman–Crippen LogP) is 2.15. The highest BCUT2D eigenvalue weighted by Crippen LogP contribution is 2.41. The van der Waals surface area contributed by atoms with Crippen LogP contribution in [0, 0.1) is 5.92 Å². The van der Waals surface area contributed by atoms with Crippen molar-refractivity contribution in [3.63, 3.8) is 0 Å². The first-order chi connectivity index (χ1) is 8.86. The lowest BCUT2D eigenvalue weighted by molar-refractivity contribution is -0.0782. The smallest absolute Gasteiger partial charge is 0.0484 e. The van der Waals surface area contributed by atoms with Crippen molar-refractivity contribution in [2.45, 2.75) is 62.9 Å². The second kappa shape index (κ2) is 5.48. The molecular formula is C15H28N2O. The summed E-state index contributed by atoms with van der Waals surface area (Å²) in [7, 11) is 0. The summed E-state index contributed by atoms with van der Waals surface area (Å²) in [5, 5.41) is 0. The molecule has 3 nitrogen and oxygen atoms in total. The lowest BCUT2D eigenvalue weighted by Gasteiger charge is -2.55. The summed E-state index contributed by atoms with van der Waals surface area (Å²) < 4.78 is 5.57. The fraction of sp³-hybridized carbons (Fsp3) is 1.00. The maximum atomic E-state index is 6.19. The van der Waals surface area contributed by atoms with Gasteiger partial charge in [-0.2, -0.15) is 0 Å². The second-order valence-corrected chi connectivity index (χ2v) is 6.49. The van der Waals surface area contributed by atoms with Crippen LogP contribution >= 0.6 is 0 Å². The van der Waals surface area contributed by atoms with E-state index in [-0.39, 0.29) is 5.54 Å². The number of hydrogen-bond acceptors (Lipinski definition) is 3. The van der Waals surface area contributed by atoms with E-state index in [1.165, 1.54) is 45.1 Å². The molecule has 3 aliphatic rings. The molecule has 0 amide bonds. The van der Waals surface area contributed by atoms with Gasteiger partial charge in [-0.15, -0.1) is 0 Å². The Morgan fingerprint density at radius 3 is 2.56 bits per heavy atom. The van der Waals surface area contributed by atoms with Crippen molar-refractivity contribution >= 4 is 0 Å². The van der Waals surface area contributed by atoms with Gasteiger partial charge in [0.05, 0.1) is 0 Å². The fourth-order valence-corrected chi connectivity index (χ4v) is 4.57. The fourth-order valence-electron chi connectivity index (χ4n) is 4.57. The number of nitrogens with two attached hydrogens (primary N) is 1. The molecule has 0 radical (unpaired) electrons. The minimum absolute atomic E-state index is 0.263. The summed E-state index contributed by atoms with van der Waals surface area (Å²) in [4.78, 5) is 2.82. The van der Waals surface area contributed by atoms with Crippen molar-refractivity contribution < 1.29 is 4.74 Å². The molecule has 0 aromatic heterocycles. The van der Waals surface area contributed by atoms with Gasteiger partial charge in [0.2, 0.25) is 0 Å². The molecule has 2 atom stereocenters. The Morgan fingerprint density at radius 2 is 1.78 bits per heavy atom. The van der Waals surface area contributed by atoms with Crippen LogP contribution in [0.15, 0.2) is 0 Å². The summed E-state index contributed by atoms with van der Waals surface area (Å²) in [6.07, 6.45) is 10.9. The van der Waals surface area contributed by atoms with E-state index >= 15 is 0 Å². The van der Waals surface area contributed by atoms with Gasteiger partial charge in [0.25, 0.3) is 0 Å². The molecule has 2 heterocycles. The lowest BCUT2D eigenvalue weighted by atomic mass is 9.74. The second-order valence-electron chi connectivity index (χ2n) is 6.49. The Kier molecular flexibility index (Phi) is 3.92. The maximum absolute atomic E-state index is 6.19. The molecule has 0 aromatic carbocycles. The summed E-state index contributed by atoms with van der Waals surface area (Å²) >= 11 is 0. The Labute approximate surface area is 111 Å². The molecule has 0 spiro atoms. The number of rotatable bonds is 2. The largest absolute Gasteiger partial charge is 0.381 e. The van der Waals surface area contributed by atoms with Crippen LogP contribution in [0.2, 0.25) is 0 Å². The summed E-state index contributed by atoms with van der Waals surface area (Å²) in [5.41, 5.74) is 6.46. The monoisotopic (exact) mass is 252 g/mol. The van der Waals surface area contributed by atoms with Gasteiger partial charge in [0.1, 0.15) is 0 Å². The van der Waals surface area contributed by atoms with Gasteiger partial charge >= 0.3 is 0 Å². The van der Waals surface area contributed by atoms with Crippen molar-refractivity contribution in [1.29, 1.82) is 0 Å². The molecule has 2 aliphatic heterocycles. The molecule has 2 N–H and O–H groups in total. The van der Waals surface area contributed by atoms with E-state index in [4.69, 9.17) is 10.5 Å². The first-order valence-corrected chi connectivity index (χ1v) is 7.90. The number of ether oxygens (including phenoxy) is 1. The highest BCUT2D eigenvalue weighted by Gasteiger charge is 2.44. The van der Waals surface area contributed by atoms with Crippen LogP contribution in [0.3, 0.4) is 0 Å². The van der Waals surface area contributed by atoms with Gasteiger partial charge in [0.15, 0.2) is 0 Å². The van der Waals surface area contributed by atoms with Crippen LogP contribution in [0.4, 0.5) is 0 Å². The minimum atomic E-state index is 0.263. The molecule has 3 heteroatoms. The molecule has 1 aliphatic carbocycles. The van der Waals surface area contributed by atoms with E-state index in [2.05, 4.69) is 4.90 Å². The SMILES string of the molecule is NCC1(N2CCCC3CCCCC32)CCOCC1.